The first kappa shape index (κ1) is 14.3. The molecule has 3 rings (SSSR count). The van der Waals surface area contributed by atoms with Gasteiger partial charge in [-0.25, -0.2) is 0 Å². The molecule has 0 saturated heterocycles. The number of non-ortho nitro benzene ring substituents is 1. The summed E-state index contributed by atoms with van der Waals surface area (Å²) in [7, 11) is 0. The molecule has 1 saturated carbocycles. The molecule has 0 unspecified atom stereocenters. The second-order valence-corrected chi connectivity index (χ2v) is 5.75. The van der Waals surface area contributed by atoms with Crippen LogP contribution < -0.4 is 5.73 Å². The fourth-order valence-corrected chi connectivity index (χ4v) is 2.68. The number of nitro groups is 1. The maximum absolute atomic E-state index is 11.6. The third kappa shape index (κ3) is 2.59. The van der Waals surface area contributed by atoms with Gasteiger partial charge in [-0.3, -0.25) is 14.9 Å². The fraction of sp³-hybridized carbons (Fsp3) is 0.312. The van der Waals surface area contributed by atoms with Crippen LogP contribution in [0.4, 0.5) is 5.69 Å². The van der Waals surface area contributed by atoms with E-state index < -0.39 is 10.8 Å². The van der Waals surface area contributed by atoms with Crippen molar-refractivity contribution in [3.8, 4) is 11.3 Å². The van der Waals surface area contributed by atoms with Crippen LogP contribution >= 0.6 is 0 Å². The average molecular weight is 299 g/mol. The molecule has 0 aliphatic heterocycles. The molecule has 2 aromatic rings. The van der Waals surface area contributed by atoms with Gasteiger partial charge in [-0.1, -0.05) is 0 Å². The number of primary amides is 1. The van der Waals surface area contributed by atoms with E-state index in [4.69, 9.17) is 5.73 Å². The molecule has 0 atom stereocenters. The summed E-state index contributed by atoms with van der Waals surface area (Å²) in [5, 5.41) is 10.8. The maximum atomic E-state index is 11.6. The Balaban J connectivity index is 2.05. The Morgan fingerprint density at radius 3 is 2.50 bits per heavy atom. The Bertz CT molecular complexity index is 743. The molecule has 2 N–H and O–H groups in total. The molecule has 0 spiro atoms. The van der Waals surface area contributed by atoms with Crippen molar-refractivity contribution >= 4 is 11.6 Å². The number of nitro benzene ring substituents is 1. The quantitative estimate of drug-likeness (QED) is 0.679. The molecule has 1 fully saturated rings. The number of nitrogens with zero attached hydrogens (tertiary/aromatic N) is 2. The predicted molar refractivity (Wildman–Crippen MR) is 82.5 cm³/mol. The van der Waals surface area contributed by atoms with Gasteiger partial charge >= 0.3 is 0 Å². The highest BCUT2D eigenvalue weighted by molar-refractivity contribution is 5.95. The van der Waals surface area contributed by atoms with E-state index in [-0.39, 0.29) is 5.69 Å². The van der Waals surface area contributed by atoms with Gasteiger partial charge < -0.3 is 10.3 Å². The topological polar surface area (TPSA) is 91.2 Å². The molecule has 0 bridgehead atoms. The molecule has 1 aromatic carbocycles. The Morgan fingerprint density at radius 1 is 1.36 bits per heavy atom. The van der Waals surface area contributed by atoms with Crippen LogP contribution in [0.5, 0.6) is 0 Å². The third-order valence-corrected chi connectivity index (χ3v) is 4.14. The van der Waals surface area contributed by atoms with Crippen LogP contribution in [0.25, 0.3) is 11.3 Å². The van der Waals surface area contributed by atoms with Crippen LogP contribution in [0.15, 0.2) is 30.3 Å². The number of nitrogens with two attached hydrogens (primary N) is 1. The number of carbonyl (C=O) groups is 1. The van der Waals surface area contributed by atoms with E-state index in [1.54, 1.807) is 18.2 Å². The molecule has 22 heavy (non-hydrogen) atoms. The van der Waals surface area contributed by atoms with Crippen molar-refractivity contribution in [2.75, 3.05) is 0 Å². The summed E-state index contributed by atoms with van der Waals surface area (Å²) in [6, 6.07) is 8.15. The van der Waals surface area contributed by atoms with E-state index in [2.05, 4.69) is 4.57 Å². The van der Waals surface area contributed by atoms with Gasteiger partial charge in [-0.15, -0.1) is 0 Å². The lowest BCUT2D eigenvalue weighted by atomic mass is 10.1. The van der Waals surface area contributed by atoms with Crippen molar-refractivity contribution in [2.45, 2.75) is 26.3 Å². The van der Waals surface area contributed by atoms with Crippen molar-refractivity contribution in [2.24, 2.45) is 11.7 Å². The summed E-state index contributed by atoms with van der Waals surface area (Å²) in [6.45, 7) is 2.74. The molecule has 1 heterocycles. The van der Waals surface area contributed by atoms with Crippen molar-refractivity contribution < 1.29 is 9.72 Å². The summed E-state index contributed by atoms with van der Waals surface area (Å²) in [4.78, 5) is 21.9. The molecular weight excluding hydrogens is 282 g/mol. The number of hydrogen-bond donors (Lipinski definition) is 1. The minimum atomic E-state index is -0.449. The van der Waals surface area contributed by atoms with Gasteiger partial charge in [-0.05, 0) is 49.4 Å². The Labute approximate surface area is 127 Å². The zero-order valence-electron chi connectivity index (χ0n) is 12.3. The normalized spacial score (nSPS) is 14.0. The highest BCUT2D eigenvalue weighted by Gasteiger charge is 2.25. The fourth-order valence-electron chi connectivity index (χ4n) is 2.68. The summed E-state index contributed by atoms with van der Waals surface area (Å²) < 4.78 is 2.10. The van der Waals surface area contributed by atoms with Crippen molar-refractivity contribution in [1.82, 2.24) is 4.57 Å². The molecule has 1 aromatic heterocycles. The SMILES string of the molecule is Cc1c(C(N)=O)cc(-c2ccc([N+](=O)[O-])cc2)n1CC1CC1. The second-order valence-electron chi connectivity index (χ2n) is 5.75. The molecular formula is C16H17N3O3. The zero-order valence-corrected chi connectivity index (χ0v) is 12.3. The molecule has 1 aliphatic rings. The summed E-state index contributed by atoms with van der Waals surface area (Å²) in [6.07, 6.45) is 2.40. The highest BCUT2D eigenvalue weighted by atomic mass is 16.6. The van der Waals surface area contributed by atoms with Crippen LogP contribution in [0.1, 0.15) is 28.9 Å². The predicted octanol–water partition coefficient (Wildman–Crippen LogP) is 2.88. The Morgan fingerprint density at radius 2 is 2.00 bits per heavy atom. The highest BCUT2D eigenvalue weighted by Crippen LogP contribution is 2.35. The smallest absolute Gasteiger partial charge is 0.269 e. The van der Waals surface area contributed by atoms with Gasteiger partial charge in [0.2, 0.25) is 0 Å². The molecule has 1 aliphatic carbocycles. The molecule has 6 heteroatoms. The number of amides is 1. The standard InChI is InChI=1S/C16H17N3O3/c1-10-14(16(17)20)8-15(18(10)9-11-2-3-11)12-4-6-13(7-5-12)19(21)22/h4-8,11H,2-3,9H2,1H3,(H2,17,20). The monoisotopic (exact) mass is 299 g/mol. The molecule has 114 valence electrons. The number of rotatable bonds is 5. The maximum Gasteiger partial charge on any atom is 0.269 e. The summed E-state index contributed by atoms with van der Waals surface area (Å²) in [5.74, 6) is 0.193. The summed E-state index contributed by atoms with van der Waals surface area (Å²) >= 11 is 0. The number of benzene rings is 1. The first-order chi connectivity index (χ1) is 10.5. The van der Waals surface area contributed by atoms with Crippen LogP contribution in [-0.4, -0.2) is 15.4 Å². The van der Waals surface area contributed by atoms with Crippen LogP contribution in [0.3, 0.4) is 0 Å². The van der Waals surface area contributed by atoms with E-state index >= 15 is 0 Å². The Kier molecular flexibility index (Phi) is 3.44. The molecule has 0 radical (unpaired) electrons. The average Bonchev–Trinajstić information content (AvgIpc) is 3.24. The third-order valence-electron chi connectivity index (χ3n) is 4.14. The van der Waals surface area contributed by atoms with Crippen LogP contribution in [-0.2, 0) is 6.54 Å². The van der Waals surface area contributed by atoms with E-state index in [0.29, 0.717) is 11.5 Å². The van der Waals surface area contributed by atoms with Gasteiger partial charge in [0, 0.05) is 30.1 Å². The minimum absolute atomic E-state index is 0.0518. The number of carbonyl (C=O) groups excluding carboxylic acids is 1. The van der Waals surface area contributed by atoms with Crippen LogP contribution in [0, 0.1) is 23.0 Å². The first-order valence-electron chi connectivity index (χ1n) is 7.22. The molecule has 1 amide bonds. The second kappa shape index (κ2) is 5.29. The minimum Gasteiger partial charge on any atom is -0.366 e. The zero-order chi connectivity index (χ0) is 15.9. The largest absolute Gasteiger partial charge is 0.366 e. The van der Waals surface area contributed by atoms with Gasteiger partial charge in [0.05, 0.1) is 10.5 Å². The lowest BCUT2D eigenvalue weighted by molar-refractivity contribution is -0.384. The van der Waals surface area contributed by atoms with E-state index in [0.717, 1.165) is 23.5 Å². The lowest BCUT2D eigenvalue weighted by Gasteiger charge is -2.11. The van der Waals surface area contributed by atoms with Crippen molar-refractivity contribution in [1.29, 1.82) is 0 Å². The summed E-state index contributed by atoms with van der Waals surface area (Å²) in [5.41, 5.74) is 8.59. The van der Waals surface area contributed by atoms with Gasteiger partial charge in [0.1, 0.15) is 0 Å². The first-order valence-corrected chi connectivity index (χ1v) is 7.22. The number of aromatic nitrogens is 1. The number of hydrogen-bond acceptors (Lipinski definition) is 3. The van der Waals surface area contributed by atoms with E-state index in [1.165, 1.54) is 25.0 Å². The van der Waals surface area contributed by atoms with E-state index in [9.17, 15) is 14.9 Å². The van der Waals surface area contributed by atoms with Gasteiger partial charge in [-0.2, -0.15) is 0 Å². The molecule has 6 nitrogen and oxygen atoms in total. The lowest BCUT2D eigenvalue weighted by Crippen LogP contribution is -2.12. The van der Waals surface area contributed by atoms with E-state index in [1.807, 2.05) is 6.92 Å². The van der Waals surface area contributed by atoms with Gasteiger partial charge in [0.25, 0.3) is 11.6 Å². The van der Waals surface area contributed by atoms with Gasteiger partial charge in [0.15, 0.2) is 0 Å². The van der Waals surface area contributed by atoms with Crippen molar-refractivity contribution in [3.05, 3.63) is 51.7 Å². The van der Waals surface area contributed by atoms with Crippen molar-refractivity contribution in [3.63, 3.8) is 0 Å². The Hall–Kier alpha value is -2.63. The van der Waals surface area contributed by atoms with Crippen LogP contribution in [0.2, 0.25) is 0 Å².